The molecule has 0 saturated heterocycles. The third kappa shape index (κ3) is 4.96. The van der Waals surface area contributed by atoms with Crippen molar-refractivity contribution >= 4 is 27.3 Å². The molecule has 0 bridgehead atoms. The van der Waals surface area contributed by atoms with Gasteiger partial charge in [0.05, 0.1) is 16.8 Å². The molecule has 0 aliphatic heterocycles. The van der Waals surface area contributed by atoms with Crippen molar-refractivity contribution in [1.29, 1.82) is 0 Å². The molecule has 1 aliphatic rings. The lowest BCUT2D eigenvalue weighted by Crippen LogP contribution is -2.15. The number of hydrogen-bond donors (Lipinski definition) is 2. The third-order valence-corrected chi connectivity index (χ3v) is 7.03. The van der Waals surface area contributed by atoms with Crippen LogP contribution in [0.25, 0.3) is 0 Å². The number of amides is 1. The summed E-state index contributed by atoms with van der Waals surface area (Å²) in [5.41, 5.74) is 2.34. The summed E-state index contributed by atoms with van der Waals surface area (Å²) in [6.45, 7) is 1.64. The summed E-state index contributed by atoms with van der Waals surface area (Å²) in [5.74, 6) is 0.552. The largest absolute Gasteiger partial charge is 0.361 e. The molecule has 3 aromatic rings. The average Bonchev–Trinajstić information content (AvgIpc) is 3.20. The maximum absolute atomic E-state index is 12.8. The monoisotopic (exact) mass is 439 g/mol. The summed E-state index contributed by atoms with van der Waals surface area (Å²) in [6.07, 6.45) is 7.42. The number of anilines is 2. The molecule has 0 radical (unpaired) electrons. The van der Waals surface area contributed by atoms with E-state index in [1.165, 1.54) is 31.0 Å². The molecule has 2 aromatic carbocycles. The van der Waals surface area contributed by atoms with E-state index < -0.39 is 10.0 Å². The number of benzene rings is 2. The minimum atomic E-state index is -3.74. The lowest BCUT2D eigenvalue weighted by Gasteiger charge is -2.22. The second-order valence-corrected chi connectivity index (χ2v) is 9.52. The summed E-state index contributed by atoms with van der Waals surface area (Å²) >= 11 is 0. The first-order valence-electron chi connectivity index (χ1n) is 10.4. The van der Waals surface area contributed by atoms with Gasteiger partial charge < -0.3 is 9.84 Å². The van der Waals surface area contributed by atoms with Crippen LogP contribution in [0.1, 0.15) is 59.7 Å². The number of nitrogens with one attached hydrogen (secondary N) is 2. The van der Waals surface area contributed by atoms with Crippen molar-refractivity contribution in [3.8, 4) is 0 Å². The number of carbonyl (C=O) groups excluding carboxylic acids is 1. The molecule has 4 rings (SSSR count). The number of hydrogen-bond acceptors (Lipinski definition) is 5. The van der Waals surface area contributed by atoms with Crippen molar-refractivity contribution in [2.45, 2.75) is 49.8 Å². The molecule has 1 aromatic heterocycles. The summed E-state index contributed by atoms with van der Waals surface area (Å²) in [5, 5.41) is 6.31. The highest BCUT2D eigenvalue weighted by Crippen LogP contribution is 2.33. The van der Waals surface area contributed by atoms with E-state index in [1.54, 1.807) is 43.3 Å². The lowest BCUT2D eigenvalue weighted by atomic mass is 9.84. The Kier molecular flexibility index (Phi) is 6.08. The summed E-state index contributed by atoms with van der Waals surface area (Å²) in [4.78, 5) is 12.5. The van der Waals surface area contributed by atoms with Gasteiger partial charge in [-0.3, -0.25) is 9.52 Å². The van der Waals surface area contributed by atoms with E-state index in [9.17, 15) is 13.2 Å². The van der Waals surface area contributed by atoms with Crippen molar-refractivity contribution in [3.05, 3.63) is 71.6 Å². The van der Waals surface area contributed by atoms with Crippen molar-refractivity contribution in [3.63, 3.8) is 0 Å². The number of aryl methyl sites for hydroxylation is 1. The zero-order valence-electron chi connectivity index (χ0n) is 17.3. The van der Waals surface area contributed by atoms with Gasteiger partial charge in [-0.15, -0.1) is 0 Å². The van der Waals surface area contributed by atoms with Gasteiger partial charge in [-0.05, 0) is 61.6 Å². The molecule has 0 atom stereocenters. The van der Waals surface area contributed by atoms with E-state index in [-0.39, 0.29) is 10.8 Å². The highest BCUT2D eigenvalue weighted by molar-refractivity contribution is 7.92. The third-order valence-electron chi connectivity index (χ3n) is 5.63. The Hall–Kier alpha value is -3.13. The first-order valence-corrected chi connectivity index (χ1v) is 11.9. The predicted octanol–water partition coefficient (Wildman–Crippen LogP) is 5.08. The van der Waals surface area contributed by atoms with Gasteiger partial charge in [0.15, 0.2) is 0 Å². The van der Waals surface area contributed by atoms with E-state index in [1.807, 2.05) is 12.1 Å². The topological polar surface area (TPSA) is 101 Å². The van der Waals surface area contributed by atoms with Crippen LogP contribution in [-0.4, -0.2) is 19.5 Å². The van der Waals surface area contributed by atoms with Crippen molar-refractivity contribution in [2.24, 2.45) is 0 Å². The van der Waals surface area contributed by atoms with Gasteiger partial charge >= 0.3 is 0 Å². The van der Waals surface area contributed by atoms with Crippen LogP contribution < -0.4 is 10.0 Å². The van der Waals surface area contributed by atoms with Crippen molar-refractivity contribution in [2.75, 3.05) is 10.0 Å². The Morgan fingerprint density at radius 2 is 1.74 bits per heavy atom. The first kappa shape index (κ1) is 21.1. The molecule has 1 heterocycles. The Morgan fingerprint density at radius 1 is 1.03 bits per heavy atom. The van der Waals surface area contributed by atoms with Crippen LogP contribution in [0.5, 0.6) is 0 Å². The standard InChI is InChI=1S/C23H25N3O4S/c1-16-22(15-24-30-16)23(27)25-19-8-5-9-20(14-19)26-31(28,29)21-12-10-18(11-13-21)17-6-3-2-4-7-17/h5,8-15,17,26H,2-4,6-7H2,1H3,(H,25,27). The van der Waals surface area contributed by atoms with Crippen molar-refractivity contribution in [1.82, 2.24) is 5.16 Å². The molecule has 162 valence electrons. The van der Waals surface area contributed by atoms with E-state index in [2.05, 4.69) is 15.2 Å². The van der Waals surface area contributed by atoms with E-state index in [0.29, 0.717) is 28.6 Å². The maximum Gasteiger partial charge on any atom is 0.261 e. The fourth-order valence-electron chi connectivity index (χ4n) is 3.94. The number of sulfonamides is 1. The molecular weight excluding hydrogens is 414 g/mol. The van der Waals surface area contributed by atoms with Gasteiger partial charge in [-0.2, -0.15) is 0 Å². The number of rotatable bonds is 6. The van der Waals surface area contributed by atoms with Gasteiger partial charge in [-0.1, -0.05) is 42.6 Å². The Morgan fingerprint density at radius 3 is 2.42 bits per heavy atom. The molecule has 7 nitrogen and oxygen atoms in total. The van der Waals surface area contributed by atoms with Crippen LogP contribution >= 0.6 is 0 Å². The highest BCUT2D eigenvalue weighted by Gasteiger charge is 2.19. The van der Waals surface area contributed by atoms with Crippen LogP contribution in [0.4, 0.5) is 11.4 Å². The molecule has 1 saturated carbocycles. The van der Waals surface area contributed by atoms with Gasteiger partial charge in [-0.25, -0.2) is 8.42 Å². The molecule has 0 spiro atoms. The van der Waals surface area contributed by atoms with Gasteiger partial charge in [0, 0.05) is 5.69 Å². The fraction of sp³-hybridized carbons (Fsp3) is 0.304. The second-order valence-electron chi connectivity index (χ2n) is 7.84. The smallest absolute Gasteiger partial charge is 0.261 e. The minimum absolute atomic E-state index is 0.210. The van der Waals surface area contributed by atoms with Crippen LogP contribution in [0, 0.1) is 6.92 Å². The van der Waals surface area contributed by atoms with Crippen molar-refractivity contribution < 1.29 is 17.7 Å². The van der Waals surface area contributed by atoms with E-state index in [4.69, 9.17) is 4.52 Å². The van der Waals surface area contributed by atoms with E-state index in [0.717, 1.165) is 12.8 Å². The molecular formula is C23H25N3O4S. The first-order chi connectivity index (χ1) is 14.9. The molecule has 8 heteroatoms. The summed E-state index contributed by atoms with van der Waals surface area (Å²) < 4.78 is 33.2. The van der Waals surface area contributed by atoms with Crippen LogP contribution in [0.3, 0.4) is 0 Å². The molecule has 1 fully saturated rings. The SMILES string of the molecule is Cc1oncc1C(=O)Nc1cccc(NS(=O)(=O)c2ccc(C3CCCCC3)cc2)c1. The number of carbonyl (C=O) groups is 1. The Balaban J connectivity index is 1.46. The van der Waals surface area contributed by atoms with E-state index >= 15 is 0 Å². The predicted molar refractivity (Wildman–Crippen MR) is 119 cm³/mol. The molecule has 0 unspecified atom stereocenters. The van der Waals surface area contributed by atoms with Crippen LogP contribution in [-0.2, 0) is 10.0 Å². The summed E-state index contributed by atoms with van der Waals surface area (Å²) in [7, 11) is -3.74. The number of nitrogens with zero attached hydrogens (tertiary/aromatic N) is 1. The van der Waals surface area contributed by atoms with Gasteiger partial charge in [0.1, 0.15) is 11.3 Å². The minimum Gasteiger partial charge on any atom is -0.361 e. The molecule has 1 amide bonds. The fourth-order valence-corrected chi connectivity index (χ4v) is 4.99. The lowest BCUT2D eigenvalue weighted by molar-refractivity contribution is 0.102. The Bertz CT molecular complexity index is 1160. The zero-order valence-corrected chi connectivity index (χ0v) is 18.1. The normalized spacial score (nSPS) is 14.9. The highest BCUT2D eigenvalue weighted by atomic mass is 32.2. The van der Waals surface area contributed by atoms with Crippen LogP contribution in [0.2, 0.25) is 0 Å². The van der Waals surface area contributed by atoms with Gasteiger partial charge in [0.25, 0.3) is 15.9 Å². The number of aromatic nitrogens is 1. The second kappa shape index (κ2) is 8.93. The maximum atomic E-state index is 12.8. The molecule has 1 aliphatic carbocycles. The quantitative estimate of drug-likeness (QED) is 0.557. The average molecular weight is 440 g/mol. The zero-order chi connectivity index (χ0) is 21.8. The van der Waals surface area contributed by atoms with Crippen LogP contribution in [0.15, 0.2) is 64.1 Å². The van der Waals surface area contributed by atoms with Gasteiger partial charge in [0.2, 0.25) is 0 Å². The summed E-state index contributed by atoms with van der Waals surface area (Å²) in [6, 6.07) is 13.7. The molecule has 2 N–H and O–H groups in total. The Labute approximate surface area is 181 Å². The molecule has 31 heavy (non-hydrogen) atoms.